The van der Waals surface area contributed by atoms with Crippen LogP contribution in [0.1, 0.15) is 18.1 Å². The molecule has 0 unspecified atom stereocenters. The number of nitrogens with one attached hydrogen (secondary N) is 1. The van der Waals surface area contributed by atoms with Crippen LogP contribution in [-0.4, -0.2) is 69.2 Å². The van der Waals surface area contributed by atoms with E-state index in [-0.39, 0.29) is 6.04 Å². The van der Waals surface area contributed by atoms with Gasteiger partial charge >= 0.3 is 0 Å². The Bertz CT molecular complexity index is 853. The Morgan fingerprint density at radius 1 is 0.833 bits per heavy atom. The van der Waals surface area contributed by atoms with Crippen LogP contribution in [0.5, 0.6) is 0 Å². The Morgan fingerprint density at radius 2 is 1.50 bits per heavy atom. The van der Waals surface area contributed by atoms with Gasteiger partial charge in [-0.15, -0.1) is 0 Å². The zero-order valence-electron chi connectivity index (χ0n) is 18.6. The number of hydrogen-bond donors (Lipinski definition) is 1. The van der Waals surface area contributed by atoms with Crippen molar-refractivity contribution >= 4 is 17.3 Å². The second kappa shape index (κ2) is 9.09. The molecule has 4 rings (SSSR count). The van der Waals surface area contributed by atoms with E-state index in [0.29, 0.717) is 5.91 Å². The maximum absolute atomic E-state index is 13.2. The van der Waals surface area contributed by atoms with Crippen molar-refractivity contribution in [1.82, 2.24) is 4.90 Å². The van der Waals surface area contributed by atoms with Crippen LogP contribution in [0, 0.1) is 13.8 Å². The molecule has 30 heavy (non-hydrogen) atoms. The van der Waals surface area contributed by atoms with Gasteiger partial charge in [0.1, 0.15) is 0 Å². The number of carbonyl (C=O) groups excluding carboxylic acids is 1. The summed E-state index contributed by atoms with van der Waals surface area (Å²) in [6.45, 7) is 14.0. The molecule has 2 fully saturated rings. The summed E-state index contributed by atoms with van der Waals surface area (Å²) in [5.41, 5.74) is 5.33. The molecule has 0 aromatic heterocycles. The molecule has 5 heteroatoms. The van der Waals surface area contributed by atoms with Gasteiger partial charge in [-0.25, -0.2) is 0 Å². The number of carbonyl (C=O) groups is 1. The summed E-state index contributed by atoms with van der Waals surface area (Å²) in [4.78, 5) is 21.5. The molecule has 2 aliphatic heterocycles. The van der Waals surface area contributed by atoms with Crippen molar-refractivity contribution < 1.29 is 9.69 Å². The quantitative estimate of drug-likeness (QED) is 0.838. The summed E-state index contributed by atoms with van der Waals surface area (Å²) in [5.74, 6) is 0.317. The normalized spacial score (nSPS) is 19.1. The van der Waals surface area contributed by atoms with E-state index in [0.717, 1.165) is 52.4 Å². The van der Waals surface area contributed by atoms with Gasteiger partial charge < -0.3 is 19.6 Å². The Morgan fingerprint density at radius 3 is 2.17 bits per heavy atom. The van der Waals surface area contributed by atoms with E-state index in [1.54, 1.807) is 0 Å². The first kappa shape index (κ1) is 20.7. The molecular formula is C25H35N4O+. The van der Waals surface area contributed by atoms with Crippen LogP contribution >= 0.6 is 0 Å². The molecule has 0 aliphatic carbocycles. The molecule has 2 saturated heterocycles. The molecule has 0 bridgehead atoms. The van der Waals surface area contributed by atoms with Gasteiger partial charge in [0, 0.05) is 37.6 Å². The van der Waals surface area contributed by atoms with Gasteiger partial charge in [-0.05, 0) is 50.1 Å². The Hall–Kier alpha value is -2.53. The van der Waals surface area contributed by atoms with Gasteiger partial charge in [0.2, 0.25) is 0 Å². The van der Waals surface area contributed by atoms with E-state index in [1.807, 2.05) is 6.07 Å². The molecule has 1 amide bonds. The maximum atomic E-state index is 13.2. The van der Waals surface area contributed by atoms with Crippen LogP contribution in [0.25, 0.3) is 0 Å². The monoisotopic (exact) mass is 407 g/mol. The zero-order chi connectivity index (χ0) is 21.1. The number of aryl methyl sites for hydroxylation is 1. The number of rotatable bonds is 4. The highest BCUT2D eigenvalue weighted by Crippen LogP contribution is 2.22. The lowest BCUT2D eigenvalue weighted by molar-refractivity contribution is -0.915. The fraction of sp³-hybridized carbons (Fsp3) is 0.480. The number of nitrogens with zero attached hydrogens (tertiary/aromatic N) is 3. The molecule has 2 aromatic carbocycles. The molecule has 2 heterocycles. The summed E-state index contributed by atoms with van der Waals surface area (Å²) < 4.78 is 0. The van der Waals surface area contributed by atoms with Gasteiger partial charge in [-0.1, -0.05) is 30.3 Å². The van der Waals surface area contributed by atoms with E-state index in [1.165, 1.54) is 27.4 Å². The first-order valence-electron chi connectivity index (χ1n) is 11.3. The molecule has 2 aromatic rings. The van der Waals surface area contributed by atoms with Crippen LogP contribution in [0.3, 0.4) is 0 Å². The molecule has 1 atom stereocenters. The van der Waals surface area contributed by atoms with E-state index >= 15 is 0 Å². The van der Waals surface area contributed by atoms with Gasteiger partial charge in [0.05, 0.1) is 26.2 Å². The molecule has 0 radical (unpaired) electrons. The van der Waals surface area contributed by atoms with Crippen LogP contribution in [0.15, 0.2) is 48.5 Å². The highest BCUT2D eigenvalue weighted by atomic mass is 16.2. The number of hydrogen-bond acceptors (Lipinski definition) is 3. The van der Waals surface area contributed by atoms with Crippen molar-refractivity contribution in [3.05, 3.63) is 59.7 Å². The van der Waals surface area contributed by atoms with Crippen molar-refractivity contribution in [2.75, 3.05) is 62.2 Å². The number of amides is 1. The minimum Gasteiger partial charge on any atom is -0.368 e. The molecule has 0 spiro atoms. The minimum absolute atomic E-state index is 0.0361. The molecular weight excluding hydrogens is 372 g/mol. The van der Waals surface area contributed by atoms with Crippen LogP contribution in [0.2, 0.25) is 0 Å². The second-order valence-electron chi connectivity index (χ2n) is 8.73. The van der Waals surface area contributed by atoms with Crippen molar-refractivity contribution in [2.24, 2.45) is 0 Å². The second-order valence-corrected chi connectivity index (χ2v) is 8.73. The lowest BCUT2D eigenvalue weighted by Gasteiger charge is -2.40. The third-order valence-electron chi connectivity index (χ3n) is 7.02. The van der Waals surface area contributed by atoms with E-state index in [9.17, 15) is 4.79 Å². The number of anilines is 2. The fourth-order valence-corrected chi connectivity index (χ4v) is 4.82. The summed E-state index contributed by atoms with van der Waals surface area (Å²) >= 11 is 0. The summed E-state index contributed by atoms with van der Waals surface area (Å²) in [6.07, 6.45) is 0. The first-order valence-corrected chi connectivity index (χ1v) is 11.3. The molecule has 2 aliphatic rings. The van der Waals surface area contributed by atoms with Crippen molar-refractivity contribution in [3.8, 4) is 0 Å². The molecule has 5 nitrogen and oxygen atoms in total. The lowest BCUT2D eigenvalue weighted by Crippen LogP contribution is -3.19. The van der Waals surface area contributed by atoms with Crippen molar-refractivity contribution in [1.29, 1.82) is 0 Å². The predicted molar refractivity (Wildman–Crippen MR) is 124 cm³/mol. The van der Waals surface area contributed by atoms with Gasteiger partial charge in [0.25, 0.3) is 5.91 Å². The van der Waals surface area contributed by atoms with E-state index in [2.05, 4.69) is 77.9 Å². The van der Waals surface area contributed by atoms with Gasteiger partial charge in [-0.3, -0.25) is 4.79 Å². The zero-order valence-corrected chi connectivity index (χ0v) is 18.6. The van der Waals surface area contributed by atoms with Crippen LogP contribution in [0.4, 0.5) is 11.4 Å². The number of piperazine rings is 2. The van der Waals surface area contributed by atoms with Gasteiger partial charge in [-0.2, -0.15) is 0 Å². The molecule has 160 valence electrons. The highest BCUT2D eigenvalue weighted by Gasteiger charge is 2.33. The Labute approximate surface area is 180 Å². The standard InChI is InChI=1S/C25H34N4O/c1-20-8-7-11-24(21(20)2)28-16-12-26(13-17-28)22(3)25(30)29-18-14-27(15-19-29)23-9-5-4-6-10-23/h4-11,22H,12-19H2,1-3H3/p+1/t22-/m0/s1. The third-order valence-corrected chi connectivity index (χ3v) is 7.02. The van der Waals surface area contributed by atoms with Gasteiger partial charge in [0.15, 0.2) is 6.04 Å². The average molecular weight is 408 g/mol. The summed E-state index contributed by atoms with van der Waals surface area (Å²) in [7, 11) is 0. The van der Waals surface area contributed by atoms with Crippen molar-refractivity contribution in [2.45, 2.75) is 26.8 Å². The summed E-state index contributed by atoms with van der Waals surface area (Å²) in [5, 5.41) is 0. The fourth-order valence-electron chi connectivity index (χ4n) is 4.82. The SMILES string of the molecule is Cc1cccc(N2CC[NH+]([C@@H](C)C(=O)N3CCN(c4ccccc4)CC3)CC2)c1C. The van der Waals surface area contributed by atoms with Crippen molar-refractivity contribution in [3.63, 3.8) is 0 Å². The van der Waals surface area contributed by atoms with E-state index < -0.39 is 0 Å². The number of para-hydroxylation sites is 1. The third kappa shape index (κ3) is 4.31. The number of benzene rings is 2. The van der Waals surface area contributed by atoms with Crippen LogP contribution in [-0.2, 0) is 4.79 Å². The minimum atomic E-state index is 0.0361. The number of quaternary nitrogens is 1. The average Bonchev–Trinajstić information content (AvgIpc) is 2.81. The smallest absolute Gasteiger partial charge is 0.280 e. The maximum Gasteiger partial charge on any atom is 0.280 e. The van der Waals surface area contributed by atoms with E-state index in [4.69, 9.17) is 0 Å². The Balaban J connectivity index is 1.29. The molecule has 0 saturated carbocycles. The lowest BCUT2D eigenvalue weighted by atomic mass is 10.1. The molecule has 1 N–H and O–H groups in total. The highest BCUT2D eigenvalue weighted by molar-refractivity contribution is 5.80. The summed E-state index contributed by atoms with van der Waals surface area (Å²) in [6, 6.07) is 17.1. The first-order chi connectivity index (χ1) is 14.5. The van der Waals surface area contributed by atoms with Crippen LogP contribution < -0.4 is 14.7 Å². The largest absolute Gasteiger partial charge is 0.368 e. The Kier molecular flexibility index (Phi) is 6.28. The topological polar surface area (TPSA) is 31.2 Å². The predicted octanol–water partition coefficient (Wildman–Crippen LogP) is 1.75.